The zero-order valence-electron chi connectivity index (χ0n) is 17.1. The summed E-state index contributed by atoms with van der Waals surface area (Å²) >= 11 is 2.00. The monoisotopic (exact) mass is 383 g/mol. The Morgan fingerprint density at radius 2 is 1.93 bits per heavy atom. The van der Waals surface area contributed by atoms with E-state index < -0.39 is 0 Å². The van der Waals surface area contributed by atoms with Gasteiger partial charge in [-0.25, -0.2) is 0 Å². The van der Waals surface area contributed by atoms with Crippen LogP contribution in [0, 0.1) is 0 Å². The van der Waals surface area contributed by atoms with Crippen molar-refractivity contribution in [1.82, 2.24) is 5.32 Å². The van der Waals surface area contributed by atoms with Gasteiger partial charge in [-0.05, 0) is 56.0 Å². The molecular formula is C24H33NOS. The van der Waals surface area contributed by atoms with Crippen molar-refractivity contribution in [2.24, 2.45) is 0 Å². The van der Waals surface area contributed by atoms with Crippen LogP contribution in [0.1, 0.15) is 70.5 Å². The molecule has 0 fully saturated rings. The van der Waals surface area contributed by atoms with Gasteiger partial charge < -0.3 is 4.74 Å². The molecule has 0 saturated carbocycles. The molecule has 0 unspecified atom stereocenters. The predicted molar refractivity (Wildman–Crippen MR) is 117 cm³/mol. The summed E-state index contributed by atoms with van der Waals surface area (Å²) in [7, 11) is 0. The van der Waals surface area contributed by atoms with Crippen LogP contribution in [0.4, 0.5) is 0 Å². The summed E-state index contributed by atoms with van der Waals surface area (Å²) < 4.78 is 6.01. The van der Waals surface area contributed by atoms with Crippen molar-refractivity contribution >= 4 is 11.8 Å². The van der Waals surface area contributed by atoms with Crippen LogP contribution in [0.3, 0.4) is 0 Å². The average Bonchev–Trinajstić information content (AvgIpc) is 2.84. The molecular weight excluding hydrogens is 350 g/mol. The fourth-order valence-corrected chi connectivity index (χ4v) is 5.19. The van der Waals surface area contributed by atoms with E-state index in [0.717, 1.165) is 17.9 Å². The molecule has 1 aliphatic heterocycles. The highest BCUT2D eigenvalue weighted by Gasteiger charge is 2.35. The Morgan fingerprint density at radius 1 is 1.15 bits per heavy atom. The largest absolute Gasteiger partial charge is 0.491 e. The van der Waals surface area contributed by atoms with Crippen LogP contribution < -0.4 is 10.1 Å². The van der Waals surface area contributed by atoms with Gasteiger partial charge in [-0.15, -0.1) is 11.8 Å². The zero-order chi connectivity index (χ0) is 19.3. The summed E-state index contributed by atoms with van der Waals surface area (Å²) in [5.74, 6) is 2.08. The minimum Gasteiger partial charge on any atom is -0.491 e. The highest BCUT2D eigenvalue weighted by atomic mass is 32.2. The fourth-order valence-electron chi connectivity index (χ4n) is 3.82. The van der Waals surface area contributed by atoms with Crippen LogP contribution in [-0.4, -0.2) is 17.4 Å². The van der Waals surface area contributed by atoms with Gasteiger partial charge in [0, 0.05) is 16.2 Å². The smallest absolute Gasteiger partial charge is 0.120 e. The second kappa shape index (κ2) is 9.16. The third-order valence-corrected chi connectivity index (χ3v) is 6.82. The van der Waals surface area contributed by atoms with Crippen LogP contribution in [0.15, 0.2) is 53.4 Å². The number of hydrogen-bond acceptors (Lipinski definition) is 3. The molecule has 2 atom stereocenters. The van der Waals surface area contributed by atoms with Crippen molar-refractivity contribution in [2.45, 2.75) is 76.0 Å². The molecule has 27 heavy (non-hydrogen) atoms. The summed E-state index contributed by atoms with van der Waals surface area (Å²) in [6.45, 7) is 8.78. The van der Waals surface area contributed by atoms with E-state index in [-0.39, 0.29) is 17.7 Å². The van der Waals surface area contributed by atoms with Gasteiger partial charge in [-0.2, -0.15) is 0 Å². The van der Waals surface area contributed by atoms with Crippen LogP contribution >= 0.6 is 11.8 Å². The molecule has 1 heterocycles. The number of nitrogens with one attached hydrogen (secondary N) is 1. The standard InChI is InChI=1S/C24H33NOS/c1-5-7-15-24(6-2)17-27-22-14-13-20(26-18(3)4)16-21(22)23(25-24)19-11-9-8-10-12-19/h8-14,16,18,23,25H,5-7,15,17H2,1-4H3/t23-,24+/m0/s1. The quantitative estimate of drug-likeness (QED) is 0.582. The molecule has 0 aliphatic carbocycles. The number of unbranched alkanes of at least 4 members (excludes halogenated alkanes) is 1. The van der Waals surface area contributed by atoms with E-state index in [0.29, 0.717) is 0 Å². The van der Waals surface area contributed by atoms with E-state index in [1.165, 1.54) is 35.3 Å². The lowest BCUT2D eigenvalue weighted by molar-refractivity contribution is 0.241. The third-order valence-electron chi connectivity index (χ3n) is 5.44. The maximum atomic E-state index is 6.01. The Labute approximate surface area is 169 Å². The van der Waals surface area contributed by atoms with Gasteiger partial charge in [0.05, 0.1) is 12.1 Å². The molecule has 2 nitrogen and oxygen atoms in total. The maximum absolute atomic E-state index is 6.01. The molecule has 0 saturated heterocycles. The van der Waals surface area contributed by atoms with Crippen molar-refractivity contribution in [2.75, 3.05) is 5.75 Å². The summed E-state index contributed by atoms with van der Waals surface area (Å²) in [6.07, 6.45) is 5.06. The summed E-state index contributed by atoms with van der Waals surface area (Å²) in [6, 6.07) is 17.7. The number of hydrogen-bond donors (Lipinski definition) is 1. The predicted octanol–water partition coefficient (Wildman–Crippen LogP) is 6.60. The van der Waals surface area contributed by atoms with E-state index >= 15 is 0 Å². The first-order chi connectivity index (χ1) is 13.1. The summed E-state index contributed by atoms with van der Waals surface area (Å²) in [5.41, 5.74) is 2.84. The lowest BCUT2D eigenvalue weighted by atomic mass is 9.88. The van der Waals surface area contributed by atoms with Crippen LogP contribution in [0.5, 0.6) is 5.75 Å². The molecule has 1 N–H and O–H groups in total. The number of fused-ring (bicyclic) bond motifs is 1. The number of benzene rings is 2. The average molecular weight is 384 g/mol. The van der Waals surface area contributed by atoms with Gasteiger partial charge in [0.25, 0.3) is 0 Å². The first-order valence-corrected chi connectivity index (χ1v) is 11.3. The normalized spacial score (nSPS) is 22.3. The summed E-state index contributed by atoms with van der Waals surface area (Å²) in [5, 5.41) is 4.09. The van der Waals surface area contributed by atoms with Gasteiger partial charge in [0.1, 0.15) is 5.75 Å². The highest BCUT2D eigenvalue weighted by molar-refractivity contribution is 7.99. The lowest BCUT2D eigenvalue weighted by Gasteiger charge is -2.36. The van der Waals surface area contributed by atoms with Gasteiger partial charge in [-0.3, -0.25) is 5.32 Å². The minimum absolute atomic E-state index is 0.166. The molecule has 0 bridgehead atoms. The van der Waals surface area contributed by atoms with Crippen LogP contribution in [0.25, 0.3) is 0 Å². The van der Waals surface area contributed by atoms with Crippen LogP contribution in [0.2, 0.25) is 0 Å². The third kappa shape index (κ3) is 4.89. The highest BCUT2D eigenvalue weighted by Crippen LogP contribution is 2.42. The molecule has 0 amide bonds. The van der Waals surface area contributed by atoms with E-state index in [1.54, 1.807) is 0 Å². The van der Waals surface area contributed by atoms with Crippen molar-refractivity contribution in [3.05, 3.63) is 59.7 Å². The lowest BCUT2D eigenvalue weighted by Crippen LogP contribution is -2.48. The zero-order valence-corrected chi connectivity index (χ0v) is 17.9. The first kappa shape index (κ1) is 20.3. The molecule has 146 valence electrons. The molecule has 0 radical (unpaired) electrons. The van der Waals surface area contributed by atoms with Crippen molar-refractivity contribution in [3.63, 3.8) is 0 Å². The molecule has 0 spiro atoms. The van der Waals surface area contributed by atoms with Crippen molar-refractivity contribution in [1.29, 1.82) is 0 Å². The topological polar surface area (TPSA) is 21.3 Å². The molecule has 0 aromatic heterocycles. The molecule has 3 rings (SSSR count). The van der Waals surface area contributed by atoms with Gasteiger partial charge in [0.15, 0.2) is 0 Å². The minimum atomic E-state index is 0.166. The summed E-state index contributed by atoms with van der Waals surface area (Å²) in [4.78, 5) is 1.37. The van der Waals surface area contributed by atoms with Gasteiger partial charge in [-0.1, -0.05) is 57.0 Å². The fraction of sp³-hybridized carbons (Fsp3) is 0.500. The Hall–Kier alpha value is -1.45. The van der Waals surface area contributed by atoms with Crippen molar-refractivity contribution < 1.29 is 4.74 Å². The van der Waals surface area contributed by atoms with E-state index in [2.05, 4.69) is 81.5 Å². The first-order valence-electron chi connectivity index (χ1n) is 10.3. The van der Waals surface area contributed by atoms with Gasteiger partial charge in [0.2, 0.25) is 0 Å². The van der Waals surface area contributed by atoms with Gasteiger partial charge >= 0.3 is 0 Å². The SMILES string of the molecule is CCCC[C@]1(CC)CSc2ccc(OC(C)C)cc2[C@H](c2ccccc2)N1. The Kier molecular flexibility index (Phi) is 6.88. The van der Waals surface area contributed by atoms with E-state index in [1.807, 2.05) is 11.8 Å². The Bertz CT molecular complexity index is 730. The Balaban J connectivity index is 2.03. The second-order valence-corrected chi connectivity index (χ2v) is 8.90. The maximum Gasteiger partial charge on any atom is 0.120 e. The van der Waals surface area contributed by atoms with E-state index in [9.17, 15) is 0 Å². The number of ether oxygens (including phenoxy) is 1. The molecule has 3 heteroatoms. The second-order valence-electron chi connectivity index (χ2n) is 7.88. The molecule has 2 aromatic rings. The number of thioether (sulfide) groups is 1. The van der Waals surface area contributed by atoms with Crippen LogP contribution in [-0.2, 0) is 0 Å². The number of rotatable bonds is 7. The Morgan fingerprint density at radius 3 is 2.59 bits per heavy atom. The molecule has 2 aromatic carbocycles. The molecule has 1 aliphatic rings. The van der Waals surface area contributed by atoms with E-state index in [4.69, 9.17) is 4.74 Å². The van der Waals surface area contributed by atoms with Crippen molar-refractivity contribution in [3.8, 4) is 5.75 Å².